The van der Waals surface area contributed by atoms with E-state index in [4.69, 9.17) is 5.11 Å². The fourth-order valence-electron chi connectivity index (χ4n) is 1.74. The Bertz CT molecular complexity index is 471. The summed E-state index contributed by atoms with van der Waals surface area (Å²) in [5, 5.41) is 13.4. The van der Waals surface area contributed by atoms with Crippen LogP contribution >= 0.6 is 11.3 Å². The topological polar surface area (TPSA) is 69.6 Å². The summed E-state index contributed by atoms with van der Waals surface area (Å²) in [6, 6.07) is 0.800. The number of carboxylic acid groups (broad SMARTS) is 1. The lowest BCUT2D eigenvalue weighted by molar-refractivity contribution is -0.138. The van der Waals surface area contributed by atoms with Crippen molar-refractivity contribution in [3.8, 4) is 0 Å². The minimum atomic E-state index is -1.03. The van der Waals surface area contributed by atoms with Gasteiger partial charge in [-0.05, 0) is 36.8 Å². The van der Waals surface area contributed by atoms with Crippen LogP contribution in [0, 0.1) is 12.8 Å². The highest BCUT2D eigenvalue weighted by Crippen LogP contribution is 2.18. The third-order valence-electron chi connectivity index (χ3n) is 2.89. The van der Waals surface area contributed by atoms with Crippen LogP contribution < -0.4 is 5.32 Å². The third-order valence-corrected chi connectivity index (χ3v) is 3.89. The second-order valence-electron chi connectivity index (χ2n) is 5.31. The molecule has 1 heterocycles. The predicted molar refractivity (Wildman–Crippen MR) is 79.9 cm³/mol. The maximum absolute atomic E-state index is 12.2. The van der Waals surface area contributed by atoms with Crippen molar-refractivity contribution in [2.24, 2.45) is 5.92 Å². The summed E-state index contributed by atoms with van der Waals surface area (Å²) < 4.78 is 0. The number of rotatable bonds is 6. The molecule has 0 aliphatic heterocycles. The van der Waals surface area contributed by atoms with Gasteiger partial charge in [-0.3, -0.25) is 4.79 Å². The van der Waals surface area contributed by atoms with Gasteiger partial charge in [0.05, 0.1) is 6.54 Å². The fraction of sp³-hybridized carbons (Fsp3) is 0.571. The normalized spacial score (nSPS) is 12.2. The van der Waals surface area contributed by atoms with Crippen LogP contribution in [-0.2, 0) is 11.3 Å². The molecular formula is C14H22N2O3S. The van der Waals surface area contributed by atoms with Gasteiger partial charge >= 0.3 is 12.0 Å². The summed E-state index contributed by atoms with van der Waals surface area (Å²) in [6.07, 6.45) is 0. The first-order chi connectivity index (χ1) is 9.31. The van der Waals surface area contributed by atoms with Gasteiger partial charge in [-0.1, -0.05) is 13.8 Å². The zero-order chi connectivity index (χ0) is 15.3. The van der Waals surface area contributed by atoms with E-state index in [9.17, 15) is 9.59 Å². The van der Waals surface area contributed by atoms with Crippen molar-refractivity contribution in [1.82, 2.24) is 10.2 Å². The van der Waals surface area contributed by atoms with E-state index < -0.39 is 12.0 Å². The van der Waals surface area contributed by atoms with Crippen molar-refractivity contribution in [2.45, 2.75) is 40.3 Å². The molecule has 0 fully saturated rings. The zero-order valence-corrected chi connectivity index (χ0v) is 13.2. The Labute approximate surface area is 123 Å². The first-order valence-electron chi connectivity index (χ1n) is 6.62. The molecule has 1 rings (SSSR count). The Kier molecular flexibility index (Phi) is 6.01. The van der Waals surface area contributed by atoms with Gasteiger partial charge in [0.15, 0.2) is 0 Å². The number of nitrogens with zero attached hydrogens (tertiary/aromatic N) is 1. The van der Waals surface area contributed by atoms with Crippen LogP contribution in [0.1, 0.15) is 31.2 Å². The minimum absolute atomic E-state index is 0.321. The van der Waals surface area contributed by atoms with Gasteiger partial charge in [0.1, 0.15) is 6.04 Å². The van der Waals surface area contributed by atoms with E-state index in [1.54, 1.807) is 16.2 Å². The van der Waals surface area contributed by atoms with E-state index in [1.165, 1.54) is 6.92 Å². The lowest BCUT2D eigenvalue weighted by atomic mass is 10.2. The molecule has 1 aromatic heterocycles. The molecule has 1 aromatic rings. The van der Waals surface area contributed by atoms with Crippen molar-refractivity contribution in [2.75, 3.05) is 6.54 Å². The number of amides is 2. The van der Waals surface area contributed by atoms with Crippen molar-refractivity contribution >= 4 is 23.3 Å². The van der Waals surface area contributed by atoms with Gasteiger partial charge in [-0.25, -0.2) is 4.79 Å². The molecule has 6 heteroatoms. The molecule has 112 valence electrons. The molecule has 2 amide bonds. The molecule has 0 unspecified atom stereocenters. The molecule has 0 aliphatic carbocycles. The van der Waals surface area contributed by atoms with Crippen LogP contribution in [0.4, 0.5) is 4.79 Å². The molecule has 0 spiro atoms. The van der Waals surface area contributed by atoms with Crippen molar-refractivity contribution in [3.05, 3.63) is 21.9 Å². The number of carboxylic acids is 1. The number of hydrogen-bond donors (Lipinski definition) is 2. The van der Waals surface area contributed by atoms with Crippen molar-refractivity contribution in [1.29, 1.82) is 0 Å². The first-order valence-corrected chi connectivity index (χ1v) is 7.50. The lowest BCUT2D eigenvalue weighted by Gasteiger charge is -2.25. The van der Waals surface area contributed by atoms with Gasteiger partial charge in [-0.2, -0.15) is 0 Å². The Hall–Kier alpha value is -1.56. The summed E-state index contributed by atoms with van der Waals surface area (Å²) in [6.45, 7) is 8.64. The molecule has 0 saturated carbocycles. The van der Waals surface area contributed by atoms with Crippen LogP contribution in [0.15, 0.2) is 11.4 Å². The molecule has 20 heavy (non-hydrogen) atoms. The summed E-state index contributed by atoms with van der Waals surface area (Å²) >= 11 is 1.61. The molecule has 0 aromatic carbocycles. The summed E-state index contributed by atoms with van der Waals surface area (Å²) in [5.74, 6) is -0.712. The predicted octanol–water partition coefficient (Wildman–Crippen LogP) is 2.70. The van der Waals surface area contributed by atoms with Crippen LogP contribution in [0.5, 0.6) is 0 Å². The number of thiophene rings is 1. The fourth-order valence-corrected chi connectivity index (χ4v) is 2.66. The van der Waals surface area contributed by atoms with E-state index in [-0.39, 0.29) is 6.03 Å². The Morgan fingerprint density at radius 2 is 2.05 bits per heavy atom. The smallest absolute Gasteiger partial charge is 0.325 e. The van der Waals surface area contributed by atoms with E-state index >= 15 is 0 Å². The largest absolute Gasteiger partial charge is 0.480 e. The van der Waals surface area contributed by atoms with E-state index in [2.05, 4.69) is 5.32 Å². The number of carbonyl (C=O) groups is 2. The number of aliphatic carboxylic acids is 1. The molecule has 5 nitrogen and oxygen atoms in total. The summed E-state index contributed by atoms with van der Waals surface area (Å²) in [4.78, 5) is 25.8. The maximum atomic E-state index is 12.2. The molecule has 0 saturated heterocycles. The van der Waals surface area contributed by atoms with E-state index in [0.29, 0.717) is 19.0 Å². The second kappa shape index (κ2) is 7.28. The first kappa shape index (κ1) is 16.5. The third kappa shape index (κ3) is 4.85. The van der Waals surface area contributed by atoms with Gasteiger partial charge in [0, 0.05) is 11.4 Å². The minimum Gasteiger partial charge on any atom is -0.480 e. The van der Waals surface area contributed by atoms with Gasteiger partial charge in [-0.15, -0.1) is 11.3 Å². The molecule has 1 atom stereocenters. The molecule has 0 bridgehead atoms. The molecule has 0 radical (unpaired) electrons. The van der Waals surface area contributed by atoms with E-state index in [0.717, 1.165) is 10.4 Å². The van der Waals surface area contributed by atoms with Gasteiger partial charge < -0.3 is 15.3 Å². The average molecular weight is 298 g/mol. The standard InChI is InChI=1S/C14H22N2O3S/c1-9(2)7-16(8-12-10(3)5-6-20-12)14(19)15-11(4)13(17)18/h5-6,9,11H,7-8H2,1-4H3,(H,15,19)(H,17,18)/t11-/m0/s1. The van der Waals surface area contributed by atoms with Crippen LogP contribution in [0.25, 0.3) is 0 Å². The van der Waals surface area contributed by atoms with Crippen molar-refractivity contribution < 1.29 is 14.7 Å². The number of carbonyl (C=O) groups excluding carboxylic acids is 1. The molecule has 2 N–H and O–H groups in total. The number of nitrogens with one attached hydrogen (secondary N) is 1. The second-order valence-corrected chi connectivity index (χ2v) is 6.31. The highest BCUT2D eigenvalue weighted by molar-refractivity contribution is 7.10. The van der Waals surface area contributed by atoms with Crippen LogP contribution in [-0.4, -0.2) is 34.6 Å². The summed E-state index contributed by atoms with van der Waals surface area (Å²) in [7, 11) is 0. The van der Waals surface area contributed by atoms with Crippen LogP contribution in [0.2, 0.25) is 0 Å². The quantitative estimate of drug-likeness (QED) is 0.848. The number of hydrogen-bond acceptors (Lipinski definition) is 3. The van der Waals surface area contributed by atoms with E-state index in [1.807, 2.05) is 32.2 Å². The highest BCUT2D eigenvalue weighted by atomic mass is 32.1. The Morgan fingerprint density at radius 1 is 1.40 bits per heavy atom. The number of aryl methyl sites for hydroxylation is 1. The van der Waals surface area contributed by atoms with Gasteiger partial charge in [0.25, 0.3) is 0 Å². The Balaban J connectivity index is 2.76. The summed E-state index contributed by atoms with van der Waals surface area (Å²) in [5.41, 5.74) is 1.16. The maximum Gasteiger partial charge on any atom is 0.325 e. The Morgan fingerprint density at radius 3 is 2.50 bits per heavy atom. The SMILES string of the molecule is Cc1ccsc1CN(CC(C)C)C(=O)N[C@@H](C)C(=O)O. The lowest BCUT2D eigenvalue weighted by Crippen LogP contribution is -2.47. The number of urea groups is 1. The van der Waals surface area contributed by atoms with Crippen LogP contribution in [0.3, 0.4) is 0 Å². The zero-order valence-electron chi connectivity index (χ0n) is 12.3. The monoisotopic (exact) mass is 298 g/mol. The molecular weight excluding hydrogens is 276 g/mol. The average Bonchev–Trinajstić information content (AvgIpc) is 2.73. The highest BCUT2D eigenvalue weighted by Gasteiger charge is 2.21. The molecule has 0 aliphatic rings. The van der Waals surface area contributed by atoms with Crippen molar-refractivity contribution in [3.63, 3.8) is 0 Å². The van der Waals surface area contributed by atoms with Gasteiger partial charge in [0.2, 0.25) is 0 Å².